The van der Waals surface area contributed by atoms with Gasteiger partial charge in [-0.05, 0) is 30.9 Å². The second kappa shape index (κ2) is 12.9. The number of carbonyl (C=O) groups is 1. The third-order valence-electron chi connectivity index (χ3n) is 4.91. The van der Waals surface area contributed by atoms with Crippen molar-refractivity contribution in [2.45, 2.75) is 52.6 Å². The van der Waals surface area contributed by atoms with Gasteiger partial charge in [-0.2, -0.15) is 0 Å². The molecule has 0 atom stereocenters. The summed E-state index contributed by atoms with van der Waals surface area (Å²) in [7, 11) is 0. The lowest BCUT2D eigenvalue weighted by Crippen LogP contribution is -2.38. The summed E-state index contributed by atoms with van der Waals surface area (Å²) in [5.41, 5.74) is 2.33. The Hall–Kier alpha value is -1.68. The van der Waals surface area contributed by atoms with E-state index in [1.807, 2.05) is 11.1 Å². The Kier molecular flexibility index (Phi) is 10.6. The third kappa shape index (κ3) is 7.54. The zero-order valence-corrected chi connectivity index (χ0v) is 21.0. The van der Waals surface area contributed by atoms with Crippen molar-refractivity contribution < 1.29 is 4.79 Å². The second-order valence-corrected chi connectivity index (χ2v) is 8.38. The molecule has 1 aliphatic rings. The molecule has 1 aliphatic heterocycles. The van der Waals surface area contributed by atoms with E-state index in [0.717, 1.165) is 55.4 Å². The maximum Gasteiger partial charge on any atom is 0.222 e. The number of thiazole rings is 1. The average Bonchev–Trinajstić information content (AvgIpc) is 3.36. The smallest absolute Gasteiger partial charge is 0.222 e. The van der Waals surface area contributed by atoms with Crippen molar-refractivity contribution in [2.75, 3.05) is 19.6 Å². The fourth-order valence-electron chi connectivity index (χ4n) is 3.27. The molecule has 0 aliphatic carbocycles. The van der Waals surface area contributed by atoms with Gasteiger partial charge in [0.05, 0.1) is 11.6 Å². The van der Waals surface area contributed by atoms with Crippen molar-refractivity contribution in [2.24, 2.45) is 4.99 Å². The standard InChI is InChI=1S/C22H31N5OS.HI/c1-3-19-15-25-20(29-19)11-12-24-22(23-4-2)26-14-17-7-9-18(10-8-17)16-27-13-5-6-21(27)28;/h7-10,15H,3-6,11-14,16H2,1-2H3,(H2,23,24,26);1H. The van der Waals surface area contributed by atoms with E-state index in [0.29, 0.717) is 19.5 Å². The predicted molar refractivity (Wildman–Crippen MR) is 135 cm³/mol. The zero-order chi connectivity index (χ0) is 20.5. The van der Waals surface area contributed by atoms with E-state index in [1.165, 1.54) is 10.4 Å². The van der Waals surface area contributed by atoms with Gasteiger partial charge in [0.15, 0.2) is 5.96 Å². The number of amides is 1. The third-order valence-corrected chi connectivity index (χ3v) is 6.11. The lowest BCUT2D eigenvalue weighted by Gasteiger charge is -2.15. The largest absolute Gasteiger partial charge is 0.357 e. The molecule has 0 unspecified atom stereocenters. The van der Waals surface area contributed by atoms with Gasteiger partial charge in [-0.3, -0.25) is 4.79 Å². The van der Waals surface area contributed by atoms with Gasteiger partial charge in [0, 0.05) is 50.1 Å². The molecule has 2 aromatic rings. The van der Waals surface area contributed by atoms with Crippen molar-refractivity contribution in [3.63, 3.8) is 0 Å². The van der Waals surface area contributed by atoms with Gasteiger partial charge in [-0.15, -0.1) is 35.3 Å². The Balaban J connectivity index is 0.00000320. The van der Waals surface area contributed by atoms with Gasteiger partial charge in [-0.1, -0.05) is 31.2 Å². The van der Waals surface area contributed by atoms with Crippen molar-refractivity contribution in [3.8, 4) is 0 Å². The minimum atomic E-state index is 0. The summed E-state index contributed by atoms with van der Waals surface area (Å²) in [6.45, 7) is 8.07. The maximum atomic E-state index is 11.8. The Morgan fingerprint density at radius 3 is 2.60 bits per heavy atom. The number of benzene rings is 1. The van der Waals surface area contributed by atoms with Crippen LogP contribution in [0, 0.1) is 0 Å². The van der Waals surface area contributed by atoms with Crippen molar-refractivity contribution in [3.05, 3.63) is 51.5 Å². The lowest BCUT2D eigenvalue weighted by molar-refractivity contribution is -0.128. The maximum absolute atomic E-state index is 11.8. The summed E-state index contributed by atoms with van der Waals surface area (Å²) in [5, 5.41) is 7.85. The van der Waals surface area contributed by atoms with Gasteiger partial charge in [0.25, 0.3) is 0 Å². The van der Waals surface area contributed by atoms with Crippen LogP contribution in [0.5, 0.6) is 0 Å². The highest BCUT2D eigenvalue weighted by atomic mass is 127. The number of aliphatic imine (C=N–C) groups is 1. The summed E-state index contributed by atoms with van der Waals surface area (Å²) < 4.78 is 0. The number of guanidine groups is 1. The van der Waals surface area contributed by atoms with Crippen LogP contribution < -0.4 is 10.6 Å². The first kappa shape index (κ1) is 24.6. The van der Waals surface area contributed by atoms with E-state index < -0.39 is 0 Å². The predicted octanol–water partition coefficient (Wildman–Crippen LogP) is 3.74. The summed E-state index contributed by atoms with van der Waals surface area (Å²) >= 11 is 1.78. The van der Waals surface area contributed by atoms with Crippen LogP contribution in [0.2, 0.25) is 0 Å². The normalized spacial score (nSPS) is 14.0. The fraction of sp³-hybridized carbons (Fsp3) is 0.500. The Morgan fingerprint density at radius 2 is 1.97 bits per heavy atom. The molecule has 30 heavy (non-hydrogen) atoms. The summed E-state index contributed by atoms with van der Waals surface area (Å²) in [6, 6.07) is 8.41. The number of rotatable bonds is 9. The zero-order valence-electron chi connectivity index (χ0n) is 17.8. The van der Waals surface area contributed by atoms with Crippen LogP contribution in [0.3, 0.4) is 0 Å². The molecule has 8 heteroatoms. The molecule has 0 radical (unpaired) electrons. The summed E-state index contributed by atoms with van der Waals surface area (Å²) in [6.07, 6.45) is 5.59. The highest BCUT2D eigenvalue weighted by Gasteiger charge is 2.19. The first-order chi connectivity index (χ1) is 14.2. The molecule has 1 fully saturated rings. The Labute approximate surface area is 200 Å². The number of aromatic nitrogens is 1. The molecule has 164 valence electrons. The number of hydrogen-bond donors (Lipinski definition) is 2. The highest BCUT2D eigenvalue weighted by molar-refractivity contribution is 14.0. The quantitative estimate of drug-likeness (QED) is 0.289. The molecule has 1 aromatic heterocycles. The molecule has 0 spiro atoms. The Bertz CT molecular complexity index is 821. The minimum absolute atomic E-state index is 0. The van der Waals surface area contributed by atoms with Gasteiger partial charge < -0.3 is 15.5 Å². The molecule has 2 N–H and O–H groups in total. The number of nitrogens with zero attached hydrogens (tertiary/aromatic N) is 3. The molecule has 1 saturated heterocycles. The van der Waals surface area contributed by atoms with Gasteiger partial charge in [0.1, 0.15) is 0 Å². The number of hydrogen-bond acceptors (Lipinski definition) is 4. The van der Waals surface area contributed by atoms with Crippen molar-refractivity contribution >= 4 is 47.2 Å². The summed E-state index contributed by atoms with van der Waals surface area (Å²) in [4.78, 5) is 24.2. The lowest BCUT2D eigenvalue weighted by atomic mass is 10.1. The van der Waals surface area contributed by atoms with E-state index >= 15 is 0 Å². The Morgan fingerprint density at radius 1 is 1.20 bits per heavy atom. The molecule has 3 rings (SSSR count). The van der Waals surface area contributed by atoms with Crippen molar-refractivity contribution in [1.29, 1.82) is 0 Å². The second-order valence-electron chi connectivity index (χ2n) is 7.18. The van der Waals surface area contributed by atoms with E-state index in [4.69, 9.17) is 4.99 Å². The van der Waals surface area contributed by atoms with E-state index in [-0.39, 0.29) is 29.9 Å². The van der Waals surface area contributed by atoms with Gasteiger partial charge in [-0.25, -0.2) is 9.98 Å². The number of halogens is 1. The molecule has 1 aromatic carbocycles. The SMILES string of the molecule is CCNC(=NCc1ccc(CN2CCCC2=O)cc1)NCCc1ncc(CC)s1.I. The minimum Gasteiger partial charge on any atom is -0.357 e. The molecule has 0 bridgehead atoms. The van der Waals surface area contributed by atoms with Gasteiger partial charge in [0.2, 0.25) is 5.91 Å². The number of likely N-dealkylation sites (tertiary alicyclic amines) is 1. The summed E-state index contributed by atoms with van der Waals surface area (Å²) in [5.74, 6) is 1.09. The average molecular weight is 542 g/mol. The first-order valence-corrected chi connectivity index (χ1v) is 11.3. The highest BCUT2D eigenvalue weighted by Crippen LogP contribution is 2.15. The van der Waals surface area contributed by atoms with E-state index in [2.05, 4.69) is 53.7 Å². The molecular formula is C22H32IN5OS. The van der Waals surface area contributed by atoms with Crippen LogP contribution in [-0.4, -0.2) is 41.4 Å². The number of nitrogens with one attached hydrogen (secondary N) is 2. The van der Waals surface area contributed by atoms with Crippen LogP contribution in [-0.2, 0) is 30.7 Å². The molecule has 0 saturated carbocycles. The molecular weight excluding hydrogens is 509 g/mol. The van der Waals surface area contributed by atoms with E-state index in [1.54, 1.807) is 11.3 Å². The molecule has 2 heterocycles. The van der Waals surface area contributed by atoms with Gasteiger partial charge >= 0.3 is 0 Å². The first-order valence-electron chi connectivity index (χ1n) is 10.5. The topological polar surface area (TPSA) is 69.6 Å². The monoisotopic (exact) mass is 541 g/mol. The number of aryl methyl sites for hydroxylation is 1. The van der Waals surface area contributed by atoms with Crippen molar-refractivity contribution in [1.82, 2.24) is 20.5 Å². The van der Waals surface area contributed by atoms with Crippen LogP contribution in [0.15, 0.2) is 35.5 Å². The van der Waals surface area contributed by atoms with E-state index in [9.17, 15) is 4.79 Å². The number of carbonyl (C=O) groups excluding carboxylic acids is 1. The van der Waals surface area contributed by atoms with Crippen LogP contribution >= 0.6 is 35.3 Å². The van der Waals surface area contributed by atoms with Crippen LogP contribution in [0.25, 0.3) is 0 Å². The van der Waals surface area contributed by atoms with Crippen LogP contribution in [0.1, 0.15) is 47.7 Å². The van der Waals surface area contributed by atoms with Crippen LogP contribution in [0.4, 0.5) is 0 Å². The molecule has 1 amide bonds. The molecule has 6 nitrogen and oxygen atoms in total. The fourth-order valence-corrected chi connectivity index (χ4v) is 4.13.